The van der Waals surface area contributed by atoms with Crippen LogP contribution in [-0.4, -0.2) is 43.3 Å². The number of unbranched alkanes of at least 4 members (excludes halogenated alkanes) is 1. The molecule has 1 heterocycles. The lowest BCUT2D eigenvalue weighted by Crippen LogP contribution is -2.53. The highest BCUT2D eigenvalue weighted by Crippen LogP contribution is 2.31. The Kier molecular flexibility index (Phi) is 6.95. The van der Waals surface area contributed by atoms with Crippen molar-refractivity contribution >= 4 is 21.9 Å². The summed E-state index contributed by atoms with van der Waals surface area (Å²) in [6, 6.07) is 0.327. The molecular weight excluding hydrogens is 336 g/mol. The molecule has 6 nitrogen and oxygen atoms in total. The molecule has 140 valence electrons. The first-order valence-electron chi connectivity index (χ1n) is 9.08. The van der Waals surface area contributed by atoms with Crippen molar-refractivity contribution in [3.05, 3.63) is 23.7 Å². The van der Waals surface area contributed by atoms with E-state index >= 15 is 0 Å². The maximum atomic E-state index is 11.9. The molecule has 1 aromatic rings. The Hall–Kier alpha value is -1.47. The standard InChI is InChI=1S/C18H30N4O2S/c1-5-7-8-9-17-14(3)19-13-20-18(17)22(4)16-11-15(12-16)21-25(23,24)10-6-2/h8-9,13,15-16,21H,5-7,10-12H2,1-4H3/b9-8-/t15-,16+. The number of anilines is 1. The molecular formula is C18H30N4O2S. The van der Waals surface area contributed by atoms with Gasteiger partial charge in [0.05, 0.1) is 11.4 Å². The fraction of sp³-hybridized carbons (Fsp3) is 0.667. The van der Waals surface area contributed by atoms with Crippen molar-refractivity contribution in [3.63, 3.8) is 0 Å². The van der Waals surface area contributed by atoms with Gasteiger partial charge in [-0.1, -0.05) is 32.4 Å². The molecule has 1 N–H and O–H groups in total. The first-order chi connectivity index (χ1) is 11.9. The summed E-state index contributed by atoms with van der Waals surface area (Å²) in [4.78, 5) is 10.9. The summed E-state index contributed by atoms with van der Waals surface area (Å²) >= 11 is 0. The van der Waals surface area contributed by atoms with Crippen molar-refractivity contribution < 1.29 is 8.42 Å². The summed E-state index contributed by atoms with van der Waals surface area (Å²) in [5.74, 6) is 1.11. The zero-order valence-corrected chi connectivity index (χ0v) is 16.5. The van der Waals surface area contributed by atoms with E-state index in [2.05, 4.69) is 38.7 Å². The average Bonchev–Trinajstić information content (AvgIpc) is 2.51. The van der Waals surface area contributed by atoms with Gasteiger partial charge in [0.25, 0.3) is 0 Å². The molecule has 2 rings (SSSR count). The van der Waals surface area contributed by atoms with Gasteiger partial charge in [0.2, 0.25) is 10.0 Å². The van der Waals surface area contributed by atoms with E-state index in [-0.39, 0.29) is 11.8 Å². The number of hydrogen-bond acceptors (Lipinski definition) is 5. The molecule has 1 aliphatic rings. The topological polar surface area (TPSA) is 75.2 Å². The molecule has 0 amide bonds. The van der Waals surface area contributed by atoms with Gasteiger partial charge in [-0.15, -0.1) is 0 Å². The zero-order chi connectivity index (χ0) is 18.4. The summed E-state index contributed by atoms with van der Waals surface area (Å²) in [6.07, 6.45) is 10.2. The lowest BCUT2D eigenvalue weighted by Gasteiger charge is -2.42. The van der Waals surface area contributed by atoms with Crippen LogP contribution in [0, 0.1) is 6.92 Å². The van der Waals surface area contributed by atoms with Gasteiger partial charge in [-0.2, -0.15) is 0 Å². The highest BCUT2D eigenvalue weighted by atomic mass is 32.2. The summed E-state index contributed by atoms with van der Waals surface area (Å²) in [6.45, 7) is 6.02. The molecule has 1 fully saturated rings. The molecule has 7 heteroatoms. The monoisotopic (exact) mass is 366 g/mol. The van der Waals surface area contributed by atoms with Crippen molar-refractivity contribution in [2.45, 2.75) is 65.0 Å². The summed E-state index contributed by atoms with van der Waals surface area (Å²) in [5.41, 5.74) is 2.01. The Labute approximate surface area is 151 Å². The van der Waals surface area contributed by atoms with E-state index in [1.807, 2.05) is 20.9 Å². The minimum atomic E-state index is -3.14. The number of aromatic nitrogens is 2. The van der Waals surface area contributed by atoms with Gasteiger partial charge in [-0.05, 0) is 32.6 Å². The molecule has 1 saturated carbocycles. The molecule has 0 saturated heterocycles. The van der Waals surface area contributed by atoms with E-state index in [0.717, 1.165) is 42.8 Å². The molecule has 0 aromatic carbocycles. The van der Waals surface area contributed by atoms with Gasteiger partial charge in [-0.3, -0.25) is 0 Å². The molecule has 0 unspecified atom stereocenters. The van der Waals surface area contributed by atoms with Gasteiger partial charge in [0, 0.05) is 24.7 Å². The fourth-order valence-electron chi connectivity index (χ4n) is 3.07. The molecule has 0 aliphatic heterocycles. The smallest absolute Gasteiger partial charge is 0.211 e. The second kappa shape index (κ2) is 8.76. The zero-order valence-electron chi connectivity index (χ0n) is 15.7. The number of rotatable bonds is 9. The third-order valence-corrected chi connectivity index (χ3v) is 6.25. The predicted molar refractivity (Wildman–Crippen MR) is 103 cm³/mol. The van der Waals surface area contributed by atoms with Crippen LogP contribution >= 0.6 is 0 Å². The number of aryl methyl sites for hydroxylation is 1. The van der Waals surface area contributed by atoms with Crippen molar-refractivity contribution in [1.82, 2.24) is 14.7 Å². The Balaban J connectivity index is 2.03. The number of allylic oxidation sites excluding steroid dienone is 1. The van der Waals surface area contributed by atoms with E-state index in [1.165, 1.54) is 0 Å². The third-order valence-electron chi connectivity index (χ3n) is 4.62. The van der Waals surface area contributed by atoms with E-state index in [0.29, 0.717) is 12.5 Å². The minimum Gasteiger partial charge on any atom is -0.356 e. The average molecular weight is 367 g/mol. The fourth-order valence-corrected chi connectivity index (χ4v) is 4.43. The van der Waals surface area contributed by atoms with Crippen LogP contribution in [-0.2, 0) is 10.0 Å². The highest BCUT2D eigenvalue weighted by molar-refractivity contribution is 7.89. The minimum absolute atomic E-state index is 0.0333. The van der Waals surface area contributed by atoms with Gasteiger partial charge in [0.1, 0.15) is 12.1 Å². The SMILES string of the molecule is CCC/C=C\c1c(C)ncnc1N(C)[C@H]1C[C@@H](NS(=O)(=O)CCC)C1. The first kappa shape index (κ1) is 19.8. The predicted octanol–water partition coefficient (Wildman–Crippen LogP) is 2.89. The maximum absolute atomic E-state index is 11.9. The second-order valence-electron chi connectivity index (χ2n) is 6.76. The van der Waals surface area contributed by atoms with Crippen LogP contribution < -0.4 is 9.62 Å². The number of nitrogens with one attached hydrogen (secondary N) is 1. The second-order valence-corrected chi connectivity index (χ2v) is 8.63. The largest absolute Gasteiger partial charge is 0.356 e. The maximum Gasteiger partial charge on any atom is 0.211 e. The quantitative estimate of drug-likeness (QED) is 0.727. The van der Waals surface area contributed by atoms with Crippen LogP contribution in [0.15, 0.2) is 12.4 Å². The summed E-state index contributed by atoms with van der Waals surface area (Å²) in [7, 11) is -1.11. The molecule has 0 spiro atoms. The van der Waals surface area contributed by atoms with E-state index in [1.54, 1.807) is 6.33 Å². The number of sulfonamides is 1. The van der Waals surface area contributed by atoms with Gasteiger partial charge >= 0.3 is 0 Å². The summed E-state index contributed by atoms with van der Waals surface area (Å²) in [5, 5.41) is 0. The van der Waals surface area contributed by atoms with Crippen molar-refractivity contribution in [3.8, 4) is 0 Å². The van der Waals surface area contributed by atoms with Gasteiger partial charge < -0.3 is 4.90 Å². The third kappa shape index (κ3) is 5.25. The lowest BCUT2D eigenvalue weighted by molar-refractivity contribution is 0.316. The number of hydrogen-bond donors (Lipinski definition) is 1. The Morgan fingerprint density at radius 2 is 2.00 bits per heavy atom. The van der Waals surface area contributed by atoms with Crippen LogP contribution in [0.3, 0.4) is 0 Å². The first-order valence-corrected chi connectivity index (χ1v) is 10.7. The molecule has 0 atom stereocenters. The Morgan fingerprint density at radius 1 is 1.28 bits per heavy atom. The van der Waals surface area contributed by atoms with E-state index in [9.17, 15) is 8.42 Å². The van der Waals surface area contributed by atoms with Crippen molar-refractivity contribution in [2.75, 3.05) is 17.7 Å². The lowest BCUT2D eigenvalue weighted by atomic mass is 9.86. The van der Waals surface area contributed by atoms with Gasteiger partial charge in [0.15, 0.2) is 0 Å². The van der Waals surface area contributed by atoms with Crippen LogP contribution in [0.5, 0.6) is 0 Å². The van der Waals surface area contributed by atoms with E-state index < -0.39 is 10.0 Å². The molecule has 1 aliphatic carbocycles. The summed E-state index contributed by atoms with van der Waals surface area (Å²) < 4.78 is 26.5. The van der Waals surface area contributed by atoms with Crippen LogP contribution in [0.25, 0.3) is 6.08 Å². The Bertz CT molecular complexity index is 697. The van der Waals surface area contributed by atoms with Crippen molar-refractivity contribution in [2.24, 2.45) is 0 Å². The normalized spacial score (nSPS) is 20.6. The van der Waals surface area contributed by atoms with Crippen LogP contribution in [0.2, 0.25) is 0 Å². The molecule has 25 heavy (non-hydrogen) atoms. The van der Waals surface area contributed by atoms with E-state index in [4.69, 9.17) is 0 Å². The Morgan fingerprint density at radius 3 is 2.64 bits per heavy atom. The van der Waals surface area contributed by atoms with Crippen LogP contribution in [0.4, 0.5) is 5.82 Å². The molecule has 0 radical (unpaired) electrons. The van der Waals surface area contributed by atoms with Gasteiger partial charge in [-0.25, -0.2) is 23.1 Å². The molecule has 0 bridgehead atoms. The van der Waals surface area contributed by atoms with Crippen molar-refractivity contribution in [1.29, 1.82) is 0 Å². The number of nitrogens with zero attached hydrogens (tertiary/aromatic N) is 3. The highest BCUT2D eigenvalue weighted by Gasteiger charge is 2.35. The van der Waals surface area contributed by atoms with Crippen LogP contribution in [0.1, 0.15) is 57.2 Å². The molecule has 1 aromatic heterocycles.